The number of carbonyl (C=O) groups is 1. The summed E-state index contributed by atoms with van der Waals surface area (Å²) in [6.07, 6.45) is 0.264. The van der Waals surface area contributed by atoms with Gasteiger partial charge in [0.1, 0.15) is 0 Å². The molecule has 16 heavy (non-hydrogen) atoms. The van der Waals surface area contributed by atoms with Crippen LogP contribution in [0.3, 0.4) is 0 Å². The Labute approximate surface area is 91.7 Å². The van der Waals surface area contributed by atoms with Crippen LogP contribution >= 0.6 is 0 Å². The summed E-state index contributed by atoms with van der Waals surface area (Å²) in [5, 5.41) is 2.51. The number of para-hydroxylation sites is 2. The van der Waals surface area contributed by atoms with E-state index in [2.05, 4.69) is 5.32 Å². The highest BCUT2D eigenvalue weighted by Gasteiger charge is 2.09. The van der Waals surface area contributed by atoms with Gasteiger partial charge in [0.05, 0.1) is 5.52 Å². The van der Waals surface area contributed by atoms with Crippen LogP contribution in [0.5, 0.6) is 0 Å². The van der Waals surface area contributed by atoms with E-state index < -0.39 is 5.76 Å². The minimum Gasteiger partial charge on any atom is -0.408 e. The van der Waals surface area contributed by atoms with E-state index in [-0.39, 0.29) is 12.3 Å². The average molecular weight is 220 g/mol. The van der Waals surface area contributed by atoms with Crippen LogP contribution in [-0.4, -0.2) is 17.5 Å². The first-order valence-electron chi connectivity index (χ1n) is 5.01. The molecule has 1 N–H and O–H groups in total. The van der Waals surface area contributed by atoms with Crippen molar-refractivity contribution in [1.29, 1.82) is 0 Å². The van der Waals surface area contributed by atoms with Gasteiger partial charge < -0.3 is 9.73 Å². The van der Waals surface area contributed by atoms with Crippen molar-refractivity contribution in [2.24, 2.45) is 0 Å². The van der Waals surface area contributed by atoms with Gasteiger partial charge in [-0.2, -0.15) is 0 Å². The maximum atomic E-state index is 11.5. The van der Waals surface area contributed by atoms with Crippen molar-refractivity contribution in [2.75, 3.05) is 7.05 Å². The Morgan fingerprint density at radius 1 is 1.44 bits per heavy atom. The lowest BCUT2D eigenvalue weighted by Crippen LogP contribution is -2.22. The summed E-state index contributed by atoms with van der Waals surface area (Å²) < 4.78 is 6.50. The Kier molecular flexibility index (Phi) is 2.76. The molecule has 0 spiro atoms. The summed E-state index contributed by atoms with van der Waals surface area (Å²) in [6.45, 7) is 0.329. The van der Waals surface area contributed by atoms with Gasteiger partial charge in [0.2, 0.25) is 5.91 Å². The maximum Gasteiger partial charge on any atom is 0.419 e. The Morgan fingerprint density at radius 2 is 2.19 bits per heavy atom. The van der Waals surface area contributed by atoms with Gasteiger partial charge in [0.25, 0.3) is 0 Å². The first-order valence-corrected chi connectivity index (χ1v) is 5.01. The molecule has 2 aromatic rings. The van der Waals surface area contributed by atoms with Gasteiger partial charge in [-0.25, -0.2) is 4.79 Å². The highest BCUT2D eigenvalue weighted by Crippen LogP contribution is 2.11. The zero-order valence-corrected chi connectivity index (χ0v) is 8.90. The van der Waals surface area contributed by atoms with Gasteiger partial charge >= 0.3 is 5.76 Å². The van der Waals surface area contributed by atoms with Crippen LogP contribution in [0.25, 0.3) is 11.1 Å². The van der Waals surface area contributed by atoms with E-state index in [0.29, 0.717) is 12.1 Å². The molecule has 0 fully saturated rings. The highest BCUT2D eigenvalue weighted by molar-refractivity contribution is 5.76. The number of hydrogen-bond donors (Lipinski definition) is 1. The predicted molar refractivity (Wildman–Crippen MR) is 59.2 cm³/mol. The molecule has 1 aromatic heterocycles. The van der Waals surface area contributed by atoms with Crippen LogP contribution in [0.2, 0.25) is 0 Å². The summed E-state index contributed by atoms with van der Waals surface area (Å²) >= 11 is 0. The lowest BCUT2D eigenvalue weighted by molar-refractivity contribution is -0.120. The zero-order valence-electron chi connectivity index (χ0n) is 8.90. The molecule has 0 aliphatic carbocycles. The molecule has 0 aliphatic heterocycles. The average Bonchev–Trinajstić information content (AvgIpc) is 2.62. The van der Waals surface area contributed by atoms with Crippen LogP contribution in [0, 0.1) is 0 Å². The van der Waals surface area contributed by atoms with Gasteiger partial charge in [-0.05, 0) is 12.1 Å². The van der Waals surface area contributed by atoms with Gasteiger partial charge in [-0.15, -0.1) is 0 Å². The molecule has 2 rings (SSSR count). The van der Waals surface area contributed by atoms with E-state index in [9.17, 15) is 9.59 Å². The SMILES string of the molecule is CNC(=O)CCn1c(=O)oc2ccccc21. The lowest BCUT2D eigenvalue weighted by Gasteiger charge is -2.00. The molecule has 1 aromatic carbocycles. The molecular weight excluding hydrogens is 208 g/mol. The smallest absolute Gasteiger partial charge is 0.408 e. The monoisotopic (exact) mass is 220 g/mol. The number of nitrogens with one attached hydrogen (secondary N) is 1. The number of benzene rings is 1. The summed E-state index contributed by atoms with van der Waals surface area (Å²) in [4.78, 5) is 22.6. The Bertz CT molecular complexity index is 568. The van der Waals surface area contributed by atoms with Gasteiger partial charge in [0, 0.05) is 20.0 Å². The predicted octanol–water partition coefficient (Wildman–Crippen LogP) is 0.731. The molecule has 0 saturated heterocycles. The Morgan fingerprint density at radius 3 is 2.94 bits per heavy atom. The number of fused-ring (bicyclic) bond motifs is 1. The first-order chi connectivity index (χ1) is 7.72. The minimum atomic E-state index is -0.426. The lowest BCUT2D eigenvalue weighted by atomic mass is 10.3. The zero-order chi connectivity index (χ0) is 11.5. The number of rotatable bonds is 3. The third-order valence-corrected chi connectivity index (χ3v) is 2.42. The molecule has 1 heterocycles. The van der Waals surface area contributed by atoms with Crippen molar-refractivity contribution in [2.45, 2.75) is 13.0 Å². The summed E-state index contributed by atoms with van der Waals surface area (Å²) in [5.41, 5.74) is 1.26. The number of amides is 1. The van der Waals surface area contributed by atoms with E-state index in [4.69, 9.17) is 4.42 Å². The second kappa shape index (κ2) is 4.22. The Balaban J connectivity index is 2.33. The van der Waals surface area contributed by atoms with E-state index >= 15 is 0 Å². The first kappa shape index (κ1) is 10.5. The second-order valence-electron chi connectivity index (χ2n) is 3.41. The molecule has 0 radical (unpaired) electrons. The summed E-state index contributed by atoms with van der Waals surface area (Å²) in [7, 11) is 1.57. The van der Waals surface area contributed by atoms with Crippen molar-refractivity contribution in [3.8, 4) is 0 Å². The van der Waals surface area contributed by atoms with Crippen LogP contribution in [0.1, 0.15) is 6.42 Å². The van der Waals surface area contributed by atoms with E-state index in [1.807, 2.05) is 6.07 Å². The number of aryl methyl sites for hydroxylation is 1. The molecule has 1 amide bonds. The molecule has 84 valence electrons. The number of carbonyl (C=O) groups excluding carboxylic acids is 1. The molecule has 0 bridgehead atoms. The molecular formula is C11H12N2O3. The van der Waals surface area contributed by atoms with Crippen LogP contribution in [0.4, 0.5) is 0 Å². The van der Waals surface area contributed by atoms with Crippen molar-refractivity contribution in [3.63, 3.8) is 0 Å². The van der Waals surface area contributed by atoms with Gasteiger partial charge in [-0.1, -0.05) is 12.1 Å². The second-order valence-corrected chi connectivity index (χ2v) is 3.41. The quantitative estimate of drug-likeness (QED) is 0.829. The summed E-state index contributed by atoms with van der Waals surface area (Å²) in [5.74, 6) is -0.526. The largest absolute Gasteiger partial charge is 0.419 e. The molecule has 0 saturated carbocycles. The summed E-state index contributed by atoms with van der Waals surface area (Å²) in [6, 6.07) is 7.15. The fourth-order valence-corrected chi connectivity index (χ4v) is 1.56. The minimum absolute atomic E-state index is 0.0998. The van der Waals surface area contributed by atoms with E-state index in [1.54, 1.807) is 25.2 Å². The molecule has 5 nitrogen and oxygen atoms in total. The standard InChI is InChI=1S/C11H12N2O3/c1-12-10(14)6-7-13-8-4-2-3-5-9(8)16-11(13)15/h2-5H,6-7H2,1H3,(H,12,14). The van der Waals surface area contributed by atoms with Crippen molar-refractivity contribution < 1.29 is 9.21 Å². The Hall–Kier alpha value is -2.04. The van der Waals surface area contributed by atoms with Crippen LogP contribution < -0.4 is 11.1 Å². The normalized spacial score (nSPS) is 10.6. The van der Waals surface area contributed by atoms with Gasteiger partial charge in [-0.3, -0.25) is 9.36 Å². The number of oxazole rings is 1. The molecule has 5 heteroatoms. The van der Waals surface area contributed by atoms with Crippen molar-refractivity contribution in [1.82, 2.24) is 9.88 Å². The van der Waals surface area contributed by atoms with Crippen LogP contribution in [-0.2, 0) is 11.3 Å². The topological polar surface area (TPSA) is 64.2 Å². The van der Waals surface area contributed by atoms with Crippen molar-refractivity contribution >= 4 is 17.0 Å². The van der Waals surface area contributed by atoms with Crippen LogP contribution in [0.15, 0.2) is 33.5 Å². The third kappa shape index (κ3) is 1.84. The highest BCUT2D eigenvalue weighted by atomic mass is 16.4. The van der Waals surface area contributed by atoms with E-state index in [1.165, 1.54) is 4.57 Å². The van der Waals surface area contributed by atoms with E-state index in [0.717, 1.165) is 5.52 Å². The molecule has 0 aliphatic rings. The fraction of sp³-hybridized carbons (Fsp3) is 0.273. The fourth-order valence-electron chi connectivity index (χ4n) is 1.56. The van der Waals surface area contributed by atoms with Crippen molar-refractivity contribution in [3.05, 3.63) is 34.8 Å². The number of hydrogen-bond acceptors (Lipinski definition) is 3. The number of aromatic nitrogens is 1. The van der Waals surface area contributed by atoms with Gasteiger partial charge in [0.15, 0.2) is 5.58 Å². The molecule has 0 unspecified atom stereocenters. The maximum absolute atomic E-state index is 11.5. The third-order valence-electron chi connectivity index (χ3n) is 2.42. The molecule has 0 atom stereocenters. The number of nitrogens with zero attached hydrogens (tertiary/aromatic N) is 1.